The minimum absolute atomic E-state index is 0.0163. The molecule has 5 heteroatoms. The maximum Gasteiger partial charge on any atom is 0.144 e. The second-order valence-electron chi connectivity index (χ2n) is 5.41. The summed E-state index contributed by atoms with van der Waals surface area (Å²) in [6.45, 7) is 6.48. The third-order valence-electron chi connectivity index (χ3n) is 2.76. The van der Waals surface area contributed by atoms with E-state index >= 15 is 0 Å². The molecule has 0 aromatic carbocycles. The lowest BCUT2D eigenvalue weighted by Crippen LogP contribution is -2.18. The number of anilines is 1. The Kier molecular flexibility index (Phi) is 4.26. The fraction of sp³-hybridized carbons (Fsp3) is 0.429. The van der Waals surface area contributed by atoms with Crippen LogP contribution in [0.3, 0.4) is 0 Å². The predicted octanol–water partition coefficient (Wildman–Crippen LogP) is 4.23. The van der Waals surface area contributed by atoms with E-state index < -0.39 is 0 Å². The molecule has 0 aliphatic carbocycles. The first-order valence-corrected chi connectivity index (χ1v) is 7.86. The Labute approximate surface area is 126 Å². The molecule has 2 aromatic heterocycles. The Morgan fingerprint density at radius 1 is 1.32 bits per heavy atom. The number of aromatic nitrogens is 2. The molecule has 2 heterocycles. The molecule has 1 N–H and O–H groups in total. The molecule has 0 atom stereocenters. The molecular formula is C14H18BrN3S. The van der Waals surface area contributed by atoms with Crippen LogP contribution in [-0.4, -0.2) is 17.0 Å². The molecule has 0 bridgehead atoms. The lowest BCUT2D eigenvalue weighted by molar-refractivity contribution is 0.560. The minimum Gasteiger partial charge on any atom is -0.372 e. The molecule has 0 radical (unpaired) electrons. The summed E-state index contributed by atoms with van der Waals surface area (Å²) in [6, 6.07) is 4.17. The fourth-order valence-electron chi connectivity index (χ4n) is 1.80. The summed E-state index contributed by atoms with van der Waals surface area (Å²) in [6.07, 6.45) is 0.780. The summed E-state index contributed by atoms with van der Waals surface area (Å²) in [7, 11) is 1.88. The number of thiophene rings is 1. The first-order chi connectivity index (χ1) is 8.91. The lowest BCUT2D eigenvalue weighted by Gasteiger charge is -2.21. The molecule has 3 nitrogen and oxygen atoms in total. The molecule has 0 amide bonds. The monoisotopic (exact) mass is 339 g/mol. The number of hydrogen-bond acceptors (Lipinski definition) is 4. The van der Waals surface area contributed by atoms with Crippen molar-refractivity contribution in [3.8, 4) is 0 Å². The van der Waals surface area contributed by atoms with Crippen molar-refractivity contribution in [1.82, 2.24) is 9.97 Å². The number of nitrogens with one attached hydrogen (secondary N) is 1. The second kappa shape index (κ2) is 5.59. The van der Waals surface area contributed by atoms with Crippen molar-refractivity contribution < 1.29 is 0 Å². The standard InChI is InChI=1S/C14H18BrN3S/c1-14(2,3)12-11(15)13(16-4)18-10(17-12)8-9-6-5-7-19-9/h5-7H,8H2,1-4H3,(H,16,17,18). The zero-order valence-electron chi connectivity index (χ0n) is 11.6. The predicted molar refractivity (Wildman–Crippen MR) is 85.1 cm³/mol. The van der Waals surface area contributed by atoms with Crippen LogP contribution in [0.25, 0.3) is 0 Å². The topological polar surface area (TPSA) is 37.8 Å². The molecule has 0 unspecified atom stereocenters. The zero-order valence-corrected chi connectivity index (χ0v) is 14.0. The second-order valence-corrected chi connectivity index (χ2v) is 7.23. The van der Waals surface area contributed by atoms with Crippen molar-refractivity contribution in [3.05, 3.63) is 38.4 Å². The lowest BCUT2D eigenvalue weighted by atomic mass is 9.92. The fourth-order valence-corrected chi connectivity index (χ4v) is 3.48. The van der Waals surface area contributed by atoms with Gasteiger partial charge in [0.1, 0.15) is 11.6 Å². The van der Waals surface area contributed by atoms with E-state index in [0.29, 0.717) is 0 Å². The van der Waals surface area contributed by atoms with Gasteiger partial charge in [0.05, 0.1) is 10.2 Å². The highest BCUT2D eigenvalue weighted by molar-refractivity contribution is 9.10. The highest BCUT2D eigenvalue weighted by Crippen LogP contribution is 2.32. The van der Waals surface area contributed by atoms with Crippen molar-refractivity contribution in [2.45, 2.75) is 32.6 Å². The van der Waals surface area contributed by atoms with Gasteiger partial charge in [0, 0.05) is 23.8 Å². The van der Waals surface area contributed by atoms with Gasteiger partial charge in [-0.2, -0.15) is 0 Å². The van der Waals surface area contributed by atoms with Crippen LogP contribution < -0.4 is 5.32 Å². The average molecular weight is 340 g/mol. The summed E-state index contributed by atoms with van der Waals surface area (Å²) in [4.78, 5) is 10.6. The Bertz CT molecular complexity index is 559. The van der Waals surface area contributed by atoms with E-state index in [4.69, 9.17) is 4.98 Å². The molecule has 0 aliphatic heterocycles. The molecular weight excluding hydrogens is 322 g/mol. The van der Waals surface area contributed by atoms with Crippen LogP contribution in [0, 0.1) is 0 Å². The zero-order chi connectivity index (χ0) is 14.0. The smallest absolute Gasteiger partial charge is 0.144 e. The van der Waals surface area contributed by atoms with Gasteiger partial charge in [-0.3, -0.25) is 0 Å². The maximum atomic E-state index is 4.74. The Morgan fingerprint density at radius 2 is 2.05 bits per heavy atom. The van der Waals surface area contributed by atoms with Crippen LogP contribution in [0.1, 0.15) is 37.2 Å². The van der Waals surface area contributed by atoms with E-state index in [1.165, 1.54) is 4.88 Å². The normalized spacial score (nSPS) is 11.6. The quantitative estimate of drug-likeness (QED) is 0.909. The molecule has 0 saturated heterocycles. The summed E-state index contributed by atoms with van der Waals surface area (Å²) in [5.74, 6) is 1.71. The van der Waals surface area contributed by atoms with Crippen LogP contribution in [0.4, 0.5) is 5.82 Å². The molecule has 0 aliphatic rings. The van der Waals surface area contributed by atoms with Crippen LogP contribution >= 0.6 is 27.3 Å². The Balaban J connectivity index is 2.45. The number of halogens is 1. The van der Waals surface area contributed by atoms with Gasteiger partial charge in [0.25, 0.3) is 0 Å². The maximum absolute atomic E-state index is 4.74. The summed E-state index contributed by atoms with van der Waals surface area (Å²) in [5.41, 5.74) is 1.02. The number of rotatable bonds is 3. The minimum atomic E-state index is -0.0163. The van der Waals surface area contributed by atoms with Crippen molar-refractivity contribution in [2.75, 3.05) is 12.4 Å². The van der Waals surface area contributed by atoms with E-state index in [2.05, 4.69) is 64.5 Å². The number of hydrogen-bond donors (Lipinski definition) is 1. The SMILES string of the molecule is CNc1nc(Cc2cccs2)nc(C(C)(C)C)c1Br. The first-order valence-electron chi connectivity index (χ1n) is 6.19. The van der Waals surface area contributed by atoms with Gasteiger partial charge in [-0.25, -0.2) is 9.97 Å². The third-order valence-corrected chi connectivity index (χ3v) is 4.38. The van der Waals surface area contributed by atoms with Crippen LogP contribution in [0.15, 0.2) is 22.0 Å². The molecule has 102 valence electrons. The van der Waals surface area contributed by atoms with Crippen LogP contribution in [0.5, 0.6) is 0 Å². The summed E-state index contributed by atoms with van der Waals surface area (Å²) < 4.78 is 0.956. The first kappa shape index (κ1) is 14.5. The van der Waals surface area contributed by atoms with Crippen molar-refractivity contribution in [1.29, 1.82) is 0 Å². The van der Waals surface area contributed by atoms with Gasteiger partial charge in [0.2, 0.25) is 0 Å². The van der Waals surface area contributed by atoms with Gasteiger partial charge in [-0.1, -0.05) is 26.8 Å². The van der Waals surface area contributed by atoms with Crippen molar-refractivity contribution in [2.24, 2.45) is 0 Å². The number of nitrogens with zero attached hydrogens (tertiary/aromatic N) is 2. The summed E-state index contributed by atoms with van der Waals surface area (Å²) in [5, 5.41) is 5.21. The largest absolute Gasteiger partial charge is 0.372 e. The van der Waals surface area contributed by atoms with E-state index in [0.717, 1.165) is 28.2 Å². The molecule has 0 fully saturated rings. The van der Waals surface area contributed by atoms with Gasteiger partial charge in [-0.15, -0.1) is 11.3 Å². The van der Waals surface area contributed by atoms with E-state index in [1.54, 1.807) is 11.3 Å². The average Bonchev–Trinajstić information content (AvgIpc) is 2.82. The molecule has 2 rings (SSSR count). The summed E-state index contributed by atoms with van der Waals surface area (Å²) >= 11 is 5.34. The van der Waals surface area contributed by atoms with Crippen molar-refractivity contribution >= 4 is 33.1 Å². The highest BCUT2D eigenvalue weighted by atomic mass is 79.9. The molecule has 0 spiro atoms. The third kappa shape index (κ3) is 3.34. The highest BCUT2D eigenvalue weighted by Gasteiger charge is 2.22. The molecule has 0 saturated carbocycles. The van der Waals surface area contributed by atoms with Gasteiger partial charge in [-0.05, 0) is 27.4 Å². The molecule has 2 aromatic rings. The van der Waals surface area contributed by atoms with Gasteiger partial charge in [0.15, 0.2) is 0 Å². The Morgan fingerprint density at radius 3 is 2.58 bits per heavy atom. The van der Waals surface area contributed by atoms with E-state index in [9.17, 15) is 0 Å². The van der Waals surface area contributed by atoms with Crippen LogP contribution in [0.2, 0.25) is 0 Å². The van der Waals surface area contributed by atoms with E-state index in [1.807, 2.05) is 7.05 Å². The van der Waals surface area contributed by atoms with Gasteiger partial charge < -0.3 is 5.32 Å². The van der Waals surface area contributed by atoms with E-state index in [-0.39, 0.29) is 5.41 Å². The van der Waals surface area contributed by atoms with Gasteiger partial charge >= 0.3 is 0 Å². The Hall–Kier alpha value is -0.940. The van der Waals surface area contributed by atoms with Crippen molar-refractivity contribution in [3.63, 3.8) is 0 Å². The van der Waals surface area contributed by atoms with Crippen LogP contribution in [-0.2, 0) is 11.8 Å². The molecule has 19 heavy (non-hydrogen) atoms.